The highest BCUT2D eigenvalue weighted by molar-refractivity contribution is 5.65. The molecule has 106 valence electrons. The molecule has 0 aromatic carbocycles. The SMILES string of the molecule is CC(=O)OCC1(C)CCC(O)(C(F)(F)F)C1(C)C. The van der Waals surface area contributed by atoms with E-state index in [-0.39, 0.29) is 19.4 Å². The van der Waals surface area contributed by atoms with Gasteiger partial charge in [-0.05, 0) is 12.8 Å². The standard InChI is InChI=1S/C12H19F3O3/c1-8(16)18-7-10(4)5-6-11(17,9(10,2)3)12(13,14)15/h17H,5-7H2,1-4H3. The third kappa shape index (κ3) is 2.00. The van der Waals surface area contributed by atoms with Crippen molar-refractivity contribution in [3.8, 4) is 0 Å². The topological polar surface area (TPSA) is 46.5 Å². The molecule has 6 heteroatoms. The number of carbonyl (C=O) groups excluding carboxylic acids is 1. The average molecular weight is 268 g/mol. The van der Waals surface area contributed by atoms with Crippen molar-refractivity contribution in [3.05, 3.63) is 0 Å². The van der Waals surface area contributed by atoms with Gasteiger partial charge in [0.2, 0.25) is 0 Å². The Hall–Kier alpha value is -0.780. The van der Waals surface area contributed by atoms with Gasteiger partial charge in [-0.15, -0.1) is 0 Å². The van der Waals surface area contributed by atoms with Crippen molar-refractivity contribution in [1.29, 1.82) is 0 Å². The Kier molecular flexibility index (Phi) is 3.49. The molecule has 0 aromatic heterocycles. The summed E-state index contributed by atoms with van der Waals surface area (Å²) in [5, 5.41) is 9.99. The third-order valence-corrected chi connectivity index (χ3v) is 4.64. The van der Waals surface area contributed by atoms with Gasteiger partial charge < -0.3 is 9.84 Å². The summed E-state index contributed by atoms with van der Waals surface area (Å²) in [7, 11) is 0. The molecule has 1 aliphatic rings. The molecule has 18 heavy (non-hydrogen) atoms. The van der Waals surface area contributed by atoms with E-state index in [0.29, 0.717) is 0 Å². The first-order chi connectivity index (χ1) is 7.87. The number of rotatable bonds is 2. The molecular weight excluding hydrogens is 249 g/mol. The average Bonchev–Trinajstić information content (AvgIpc) is 2.37. The zero-order valence-corrected chi connectivity index (χ0v) is 11.0. The molecule has 0 spiro atoms. The first-order valence-electron chi connectivity index (χ1n) is 5.80. The summed E-state index contributed by atoms with van der Waals surface area (Å²) in [5.74, 6) is -0.533. The molecule has 1 N–H and O–H groups in total. The third-order valence-electron chi connectivity index (χ3n) is 4.64. The fourth-order valence-electron chi connectivity index (χ4n) is 2.59. The van der Waals surface area contributed by atoms with Gasteiger partial charge in [0.15, 0.2) is 5.60 Å². The van der Waals surface area contributed by atoms with E-state index in [1.165, 1.54) is 20.8 Å². The van der Waals surface area contributed by atoms with Crippen LogP contribution >= 0.6 is 0 Å². The maximum Gasteiger partial charge on any atom is 0.417 e. The summed E-state index contributed by atoms with van der Waals surface area (Å²) in [6.07, 6.45) is -4.91. The highest BCUT2D eigenvalue weighted by atomic mass is 19.4. The van der Waals surface area contributed by atoms with Crippen LogP contribution in [0.5, 0.6) is 0 Å². The summed E-state index contributed by atoms with van der Waals surface area (Å²) in [6.45, 7) is 5.45. The van der Waals surface area contributed by atoms with Crippen LogP contribution in [0.1, 0.15) is 40.5 Å². The van der Waals surface area contributed by atoms with Crippen LogP contribution in [0, 0.1) is 10.8 Å². The first-order valence-corrected chi connectivity index (χ1v) is 5.80. The molecule has 0 aliphatic heterocycles. The highest BCUT2D eigenvalue weighted by Crippen LogP contribution is 2.62. The predicted molar refractivity (Wildman–Crippen MR) is 58.8 cm³/mol. The van der Waals surface area contributed by atoms with Gasteiger partial charge in [0.25, 0.3) is 0 Å². The second-order valence-electron chi connectivity index (χ2n) is 5.82. The Morgan fingerprint density at radius 1 is 1.28 bits per heavy atom. The second-order valence-corrected chi connectivity index (χ2v) is 5.82. The minimum atomic E-state index is -4.69. The summed E-state index contributed by atoms with van der Waals surface area (Å²) in [4.78, 5) is 10.8. The highest BCUT2D eigenvalue weighted by Gasteiger charge is 2.71. The maximum absolute atomic E-state index is 13.0. The summed E-state index contributed by atoms with van der Waals surface area (Å²) in [5.41, 5.74) is -5.06. The monoisotopic (exact) mass is 268 g/mol. The normalized spacial score (nSPS) is 35.6. The van der Waals surface area contributed by atoms with Crippen LogP contribution < -0.4 is 0 Å². The molecule has 1 saturated carbocycles. The van der Waals surface area contributed by atoms with Crippen molar-refractivity contribution in [1.82, 2.24) is 0 Å². The molecule has 3 nitrogen and oxygen atoms in total. The van der Waals surface area contributed by atoms with E-state index >= 15 is 0 Å². The molecule has 0 aromatic rings. The number of hydrogen-bond donors (Lipinski definition) is 1. The molecule has 0 radical (unpaired) electrons. The van der Waals surface area contributed by atoms with Crippen LogP contribution in [0.4, 0.5) is 13.2 Å². The minimum Gasteiger partial charge on any atom is -0.465 e. The minimum absolute atomic E-state index is 0.117. The number of carbonyl (C=O) groups is 1. The summed E-state index contributed by atoms with van der Waals surface area (Å²) in [6, 6.07) is 0. The molecule has 1 fully saturated rings. The van der Waals surface area contributed by atoms with Crippen molar-refractivity contribution < 1.29 is 27.8 Å². The van der Waals surface area contributed by atoms with Gasteiger partial charge >= 0.3 is 12.1 Å². The fraction of sp³-hybridized carbons (Fsp3) is 0.917. The number of alkyl halides is 3. The number of halogens is 3. The van der Waals surface area contributed by atoms with E-state index in [1.807, 2.05) is 0 Å². The van der Waals surface area contributed by atoms with Crippen LogP contribution in [-0.4, -0.2) is 29.5 Å². The Bertz CT molecular complexity index is 351. The van der Waals surface area contributed by atoms with Gasteiger partial charge in [-0.1, -0.05) is 20.8 Å². The van der Waals surface area contributed by atoms with E-state index in [4.69, 9.17) is 4.74 Å². The molecular formula is C12H19F3O3. The number of aliphatic hydroxyl groups is 1. The zero-order valence-electron chi connectivity index (χ0n) is 11.0. The molecule has 0 bridgehead atoms. The Balaban J connectivity index is 3.05. The van der Waals surface area contributed by atoms with E-state index in [2.05, 4.69) is 0 Å². The lowest BCUT2D eigenvalue weighted by Gasteiger charge is -2.46. The van der Waals surface area contributed by atoms with Crippen molar-refractivity contribution in [2.75, 3.05) is 6.61 Å². The van der Waals surface area contributed by atoms with Gasteiger partial charge in [-0.2, -0.15) is 13.2 Å². The van der Waals surface area contributed by atoms with Crippen LogP contribution in [0.3, 0.4) is 0 Å². The van der Waals surface area contributed by atoms with Crippen molar-refractivity contribution in [3.63, 3.8) is 0 Å². The van der Waals surface area contributed by atoms with E-state index in [9.17, 15) is 23.1 Å². The molecule has 2 atom stereocenters. The fourth-order valence-corrected chi connectivity index (χ4v) is 2.59. The molecule has 0 saturated heterocycles. The quantitative estimate of drug-likeness (QED) is 0.783. The van der Waals surface area contributed by atoms with Gasteiger partial charge in [0, 0.05) is 17.8 Å². The van der Waals surface area contributed by atoms with Crippen LogP contribution in [-0.2, 0) is 9.53 Å². The molecule has 2 unspecified atom stereocenters. The van der Waals surface area contributed by atoms with E-state index in [1.54, 1.807) is 6.92 Å². The lowest BCUT2D eigenvalue weighted by atomic mass is 9.64. The van der Waals surface area contributed by atoms with Crippen molar-refractivity contribution >= 4 is 5.97 Å². The first kappa shape index (κ1) is 15.3. The Labute approximate surface area is 104 Å². The summed E-state index contributed by atoms with van der Waals surface area (Å²) >= 11 is 0. The Morgan fingerprint density at radius 2 is 1.78 bits per heavy atom. The number of hydrogen-bond acceptors (Lipinski definition) is 3. The maximum atomic E-state index is 13.0. The lowest BCUT2D eigenvalue weighted by molar-refractivity contribution is -0.298. The zero-order chi connectivity index (χ0) is 14.4. The predicted octanol–water partition coefficient (Wildman–Crippen LogP) is 2.67. The van der Waals surface area contributed by atoms with Crippen LogP contribution in [0.25, 0.3) is 0 Å². The van der Waals surface area contributed by atoms with Crippen LogP contribution in [0.2, 0.25) is 0 Å². The molecule has 0 amide bonds. The van der Waals surface area contributed by atoms with Gasteiger partial charge in [-0.3, -0.25) is 4.79 Å². The van der Waals surface area contributed by atoms with Crippen molar-refractivity contribution in [2.24, 2.45) is 10.8 Å². The number of esters is 1. The second kappa shape index (κ2) is 4.11. The van der Waals surface area contributed by atoms with Gasteiger partial charge in [-0.25, -0.2) is 0 Å². The molecule has 1 aliphatic carbocycles. The van der Waals surface area contributed by atoms with Crippen molar-refractivity contribution in [2.45, 2.75) is 52.3 Å². The van der Waals surface area contributed by atoms with Gasteiger partial charge in [0.05, 0.1) is 6.61 Å². The smallest absolute Gasteiger partial charge is 0.417 e. The van der Waals surface area contributed by atoms with Crippen LogP contribution in [0.15, 0.2) is 0 Å². The molecule has 1 rings (SSSR count). The summed E-state index contributed by atoms with van der Waals surface area (Å²) < 4.78 is 43.9. The molecule has 0 heterocycles. The number of ether oxygens (including phenoxy) is 1. The van der Waals surface area contributed by atoms with Gasteiger partial charge in [0.1, 0.15) is 0 Å². The Morgan fingerprint density at radius 3 is 2.11 bits per heavy atom. The largest absolute Gasteiger partial charge is 0.465 e. The lowest BCUT2D eigenvalue weighted by Crippen LogP contribution is -2.57. The van der Waals surface area contributed by atoms with E-state index < -0.39 is 28.6 Å². The van der Waals surface area contributed by atoms with E-state index in [0.717, 1.165) is 0 Å².